The van der Waals surface area contributed by atoms with Crippen LogP contribution in [-0.2, 0) is 0 Å². The zero-order valence-corrected chi connectivity index (χ0v) is 12.5. The van der Waals surface area contributed by atoms with Crippen molar-refractivity contribution in [2.24, 2.45) is 0 Å². The van der Waals surface area contributed by atoms with E-state index in [1.165, 1.54) is 0 Å². The summed E-state index contributed by atoms with van der Waals surface area (Å²) in [6, 6.07) is 7.60. The fourth-order valence-electron chi connectivity index (χ4n) is 2.39. The van der Waals surface area contributed by atoms with E-state index in [4.69, 9.17) is 0 Å². The molecule has 0 saturated carbocycles. The fraction of sp³-hybridized carbons (Fsp3) is 0.500. The van der Waals surface area contributed by atoms with E-state index in [2.05, 4.69) is 22.6 Å². The monoisotopic (exact) mass is 359 g/mol. The van der Waals surface area contributed by atoms with Crippen LogP contribution in [0.25, 0.3) is 0 Å². The van der Waals surface area contributed by atoms with Gasteiger partial charge in [-0.25, -0.2) is 0 Å². The molecule has 18 heavy (non-hydrogen) atoms. The number of hydrogen-bond donors (Lipinski definition) is 1. The van der Waals surface area contributed by atoms with Crippen molar-refractivity contribution in [1.29, 1.82) is 0 Å². The molecule has 0 aliphatic carbocycles. The van der Waals surface area contributed by atoms with Crippen molar-refractivity contribution in [2.45, 2.75) is 31.7 Å². The van der Waals surface area contributed by atoms with Gasteiger partial charge in [-0.1, -0.05) is 12.8 Å². The summed E-state index contributed by atoms with van der Waals surface area (Å²) in [7, 11) is 0. The average Bonchev–Trinajstić information content (AvgIpc) is 2.63. The third-order valence-electron chi connectivity index (χ3n) is 3.44. The number of carbonyl (C=O) groups is 1. The molecule has 0 aromatic heterocycles. The van der Waals surface area contributed by atoms with E-state index in [9.17, 15) is 9.90 Å². The SMILES string of the molecule is O=C(c1ccc(I)cc1)N1CCCCCC1CO. The summed E-state index contributed by atoms with van der Waals surface area (Å²) in [6.45, 7) is 0.826. The first kappa shape index (κ1) is 13.8. The van der Waals surface area contributed by atoms with Crippen LogP contribution in [0.4, 0.5) is 0 Å². The molecule has 1 amide bonds. The highest BCUT2D eigenvalue weighted by Crippen LogP contribution is 2.19. The molecule has 1 fully saturated rings. The Morgan fingerprint density at radius 3 is 2.67 bits per heavy atom. The third-order valence-corrected chi connectivity index (χ3v) is 4.16. The van der Waals surface area contributed by atoms with Gasteiger partial charge in [0.2, 0.25) is 0 Å². The molecule has 1 unspecified atom stereocenters. The van der Waals surface area contributed by atoms with Crippen molar-refractivity contribution in [3.8, 4) is 0 Å². The molecule has 4 heteroatoms. The fourth-order valence-corrected chi connectivity index (χ4v) is 2.75. The second-order valence-corrected chi connectivity index (χ2v) is 5.94. The molecule has 98 valence electrons. The number of aliphatic hydroxyl groups is 1. The number of aliphatic hydroxyl groups excluding tert-OH is 1. The molecule has 1 atom stereocenters. The normalized spacial score (nSPS) is 20.6. The molecule has 3 nitrogen and oxygen atoms in total. The maximum atomic E-state index is 12.4. The summed E-state index contributed by atoms with van der Waals surface area (Å²) in [5, 5.41) is 9.43. The zero-order valence-electron chi connectivity index (χ0n) is 10.3. The highest BCUT2D eigenvalue weighted by atomic mass is 127. The van der Waals surface area contributed by atoms with Crippen LogP contribution in [0, 0.1) is 3.57 Å². The first-order valence-corrected chi connectivity index (χ1v) is 7.47. The van der Waals surface area contributed by atoms with Crippen LogP contribution >= 0.6 is 22.6 Å². The second-order valence-electron chi connectivity index (χ2n) is 4.69. The van der Waals surface area contributed by atoms with E-state index >= 15 is 0 Å². The number of benzene rings is 1. The predicted octanol–water partition coefficient (Wildman–Crippen LogP) is 2.67. The molecule has 0 radical (unpaired) electrons. The maximum absolute atomic E-state index is 12.4. The first-order chi connectivity index (χ1) is 8.72. The van der Waals surface area contributed by atoms with E-state index in [-0.39, 0.29) is 18.6 Å². The molecule has 1 aromatic carbocycles. The summed E-state index contributed by atoms with van der Waals surface area (Å²) in [6.07, 6.45) is 4.19. The van der Waals surface area contributed by atoms with Gasteiger partial charge in [0.1, 0.15) is 0 Å². The smallest absolute Gasteiger partial charge is 0.254 e. The molecule has 1 N–H and O–H groups in total. The molecule has 0 spiro atoms. The average molecular weight is 359 g/mol. The van der Waals surface area contributed by atoms with E-state index in [0.29, 0.717) is 0 Å². The summed E-state index contributed by atoms with van der Waals surface area (Å²) in [5.41, 5.74) is 0.718. The van der Waals surface area contributed by atoms with Crippen molar-refractivity contribution in [2.75, 3.05) is 13.2 Å². The van der Waals surface area contributed by atoms with E-state index < -0.39 is 0 Å². The lowest BCUT2D eigenvalue weighted by Gasteiger charge is -2.28. The van der Waals surface area contributed by atoms with Crippen LogP contribution < -0.4 is 0 Å². The Labute approximate surface area is 121 Å². The summed E-state index contributed by atoms with van der Waals surface area (Å²) in [4.78, 5) is 14.3. The van der Waals surface area contributed by atoms with Gasteiger partial charge in [-0.3, -0.25) is 4.79 Å². The second kappa shape index (κ2) is 6.52. The van der Waals surface area contributed by atoms with Gasteiger partial charge >= 0.3 is 0 Å². The lowest BCUT2D eigenvalue weighted by molar-refractivity contribution is 0.0600. The largest absolute Gasteiger partial charge is 0.394 e. The Hall–Kier alpha value is -0.620. The zero-order chi connectivity index (χ0) is 13.0. The van der Waals surface area contributed by atoms with Gasteiger partial charge in [-0.2, -0.15) is 0 Å². The van der Waals surface area contributed by atoms with Crippen molar-refractivity contribution in [3.63, 3.8) is 0 Å². The van der Waals surface area contributed by atoms with Crippen molar-refractivity contribution < 1.29 is 9.90 Å². The van der Waals surface area contributed by atoms with Gasteiger partial charge in [0.05, 0.1) is 12.6 Å². The molecule has 1 aliphatic heterocycles. The number of amides is 1. The number of halogens is 1. The van der Waals surface area contributed by atoms with Crippen LogP contribution in [0.2, 0.25) is 0 Å². The minimum absolute atomic E-state index is 0.0146. The predicted molar refractivity (Wildman–Crippen MR) is 79.5 cm³/mol. The van der Waals surface area contributed by atoms with Crippen molar-refractivity contribution in [1.82, 2.24) is 4.90 Å². The lowest BCUT2D eigenvalue weighted by Crippen LogP contribution is -2.42. The number of rotatable bonds is 2. The standard InChI is InChI=1S/C14H18INO2/c15-12-7-5-11(6-8-12)14(18)16-9-3-1-2-4-13(16)10-17/h5-8,13,17H,1-4,9-10H2. The van der Waals surface area contributed by atoms with Crippen LogP contribution in [0.3, 0.4) is 0 Å². The lowest BCUT2D eigenvalue weighted by atomic mass is 10.1. The molecule has 0 bridgehead atoms. The Morgan fingerprint density at radius 2 is 2.00 bits per heavy atom. The quantitative estimate of drug-likeness (QED) is 0.825. The van der Waals surface area contributed by atoms with Gasteiger partial charge in [0.15, 0.2) is 0 Å². The molecule has 1 saturated heterocycles. The number of likely N-dealkylation sites (tertiary alicyclic amines) is 1. The molecule has 2 rings (SSSR count). The van der Waals surface area contributed by atoms with Crippen LogP contribution in [0.1, 0.15) is 36.0 Å². The van der Waals surface area contributed by atoms with Crippen molar-refractivity contribution >= 4 is 28.5 Å². The molecular weight excluding hydrogens is 341 g/mol. The van der Waals surface area contributed by atoms with Gasteiger partial charge < -0.3 is 10.0 Å². The van der Waals surface area contributed by atoms with Gasteiger partial charge in [0.25, 0.3) is 5.91 Å². The Kier molecular flexibility index (Phi) is 5.00. The number of nitrogens with zero attached hydrogens (tertiary/aromatic N) is 1. The van der Waals surface area contributed by atoms with Crippen LogP contribution in [0.15, 0.2) is 24.3 Å². The molecular formula is C14H18INO2. The highest BCUT2D eigenvalue weighted by molar-refractivity contribution is 14.1. The first-order valence-electron chi connectivity index (χ1n) is 6.40. The van der Waals surface area contributed by atoms with E-state index in [1.807, 2.05) is 29.2 Å². The third kappa shape index (κ3) is 3.23. The Balaban J connectivity index is 2.17. The van der Waals surface area contributed by atoms with Gasteiger partial charge in [-0.05, 0) is 59.7 Å². The minimum atomic E-state index is -0.0146. The molecule has 1 heterocycles. The Morgan fingerprint density at radius 1 is 1.28 bits per heavy atom. The summed E-state index contributed by atoms with van der Waals surface area (Å²) in [5.74, 6) is 0.0485. The molecule has 1 aromatic rings. The van der Waals surface area contributed by atoms with Gasteiger partial charge in [0, 0.05) is 15.7 Å². The van der Waals surface area contributed by atoms with Crippen LogP contribution in [-0.4, -0.2) is 35.1 Å². The van der Waals surface area contributed by atoms with Crippen molar-refractivity contribution in [3.05, 3.63) is 33.4 Å². The van der Waals surface area contributed by atoms with Crippen LogP contribution in [0.5, 0.6) is 0 Å². The highest BCUT2D eigenvalue weighted by Gasteiger charge is 2.25. The number of carbonyl (C=O) groups excluding carboxylic acids is 1. The number of hydrogen-bond acceptors (Lipinski definition) is 2. The topological polar surface area (TPSA) is 40.5 Å². The van der Waals surface area contributed by atoms with E-state index in [0.717, 1.165) is 41.4 Å². The summed E-state index contributed by atoms with van der Waals surface area (Å²) >= 11 is 2.23. The summed E-state index contributed by atoms with van der Waals surface area (Å²) < 4.78 is 1.12. The minimum Gasteiger partial charge on any atom is -0.394 e. The van der Waals surface area contributed by atoms with E-state index in [1.54, 1.807) is 0 Å². The Bertz CT molecular complexity index is 405. The molecule has 1 aliphatic rings. The van der Waals surface area contributed by atoms with Gasteiger partial charge in [-0.15, -0.1) is 0 Å². The maximum Gasteiger partial charge on any atom is 0.254 e.